The van der Waals surface area contributed by atoms with Gasteiger partial charge in [0.25, 0.3) is 5.91 Å². The Bertz CT molecular complexity index is 330. The quantitative estimate of drug-likeness (QED) is 0.615. The van der Waals surface area contributed by atoms with E-state index in [0.717, 1.165) is 0 Å². The first kappa shape index (κ1) is 9.31. The maximum atomic E-state index is 11.1. The molecule has 70 valence electrons. The average Bonchev–Trinajstić information content (AvgIpc) is 2.50. The van der Waals surface area contributed by atoms with Crippen molar-refractivity contribution in [3.05, 3.63) is 18.0 Å². The standard InChI is InChI=1S/C8H11N3O2/c1-5(12)11-6-3-7(10-4-6)8(13)9-2/h3-4,10H,1-2H3,(H,9,13)(H,11,12). The third kappa shape index (κ3) is 2.33. The van der Waals surface area contributed by atoms with Gasteiger partial charge in [0.1, 0.15) is 5.69 Å². The molecule has 0 saturated carbocycles. The summed E-state index contributed by atoms with van der Waals surface area (Å²) in [6.07, 6.45) is 1.56. The number of aromatic nitrogens is 1. The van der Waals surface area contributed by atoms with E-state index >= 15 is 0 Å². The Morgan fingerprint density at radius 3 is 2.69 bits per heavy atom. The van der Waals surface area contributed by atoms with Crippen molar-refractivity contribution in [1.82, 2.24) is 10.3 Å². The van der Waals surface area contributed by atoms with Gasteiger partial charge in [0.15, 0.2) is 0 Å². The van der Waals surface area contributed by atoms with Crippen molar-refractivity contribution >= 4 is 17.5 Å². The van der Waals surface area contributed by atoms with E-state index in [9.17, 15) is 9.59 Å². The summed E-state index contributed by atoms with van der Waals surface area (Å²) < 4.78 is 0. The fourth-order valence-corrected chi connectivity index (χ4v) is 0.936. The molecule has 0 radical (unpaired) electrons. The smallest absolute Gasteiger partial charge is 0.267 e. The molecule has 0 fully saturated rings. The van der Waals surface area contributed by atoms with Gasteiger partial charge in [-0.2, -0.15) is 0 Å². The fraction of sp³-hybridized carbons (Fsp3) is 0.250. The average molecular weight is 181 g/mol. The topological polar surface area (TPSA) is 74.0 Å². The Morgan fingerprint density at radius 2 is 2.15 bits per heavy atom. The molecule has 0 aliphatic carbocycles. The molecule has 2 amide bonds. The molecule has 0 atom stereocenters. The van der Waals surface area contributed by atoms with Crippen LogP contribution < -0.4 is 10.6 Å². The van der Waals surface area contributed by atoms with Crippen LogP contribution in [0, 0.1) is 0 Å². The van der Waals surface area contributed by atoms with Crippen molar-refractivity contribution in [3.63, 3.8) is 0 Å². The molecular weight excluding hydrogens is 170 g/mol. The molecule has 13 heavy (non-hydrogen) atoms. The van der Waals surface area contributed by atoms with Crippen LogP contribution in [0.5, 0.6) is 0 Å². The van der Waals surface area contributed by atoms with Gasteiger partial charge in [-0.3, -0.25) is 9.59 Å². The summed E-state index contributed by atoms with van der Waals surface area (Å²) in [5.41, 5.74) is 1.01. The Hall–Kier alpha value is -1.78. The molecule has 0 aliphatic rings. The van der Waals surface area contributed by atoms with Crippen molar-refractivity contribution in [1.29, 1.82) is 0 Å². The summed E-state index contributed by atoms with van der Waals surface area (Å²) in [7, 11) is 1.54. The molecule has 3 N–H and O–H groups in total. The van der Waals surface area contributed by atoms with E-state index in [1.807, 2.05) is 0 Å². The minimum absolute atomic E-state index is 0.164. The summed E-state index contributed by atoms with van der Waals surface area (Å²) in [5, 5.41) is 5.02. The molecule has 1 aromatic heterocycles. The van der Waals surface area contributed by atoms with Crippen LogP contribution in [0.25, 0.3) is 0 Å². The van der Waals surface area contributed by atoms with Crippen molar-refractivity contribution in [2.45, 2.75) is 6.92 Å². The Labute approximate surface area is 75.5 Å². The summed E-state index contributed by atoms with van der Waals surface area (Å²) in [4.78, 5) is 24.4. The van der Waals surface area contributed by atoms with Crippen molar-refractivity contribution < 1.29 is 9.59 Å². The molecular formula is C8H11N3O2. The first-order chi connectivity index (χ1) is 6.13. The highest BCUT2D eigenvalue weighted by Crippen LogP contribution is 2.08. The summed E-state index contributed by atoms with van der Waals surface area (Å²) in [6.45, 7) is 1.41. The molecule has 5 nitrogen and oxygen atoms in total. The lowest BCUT2D eigenvalue weighted by Gasteiger charge is -1.94. The van der Waals surface area contributed by atoms with Crippen molar-refractivity contribution in [2.75, 3.05) is 12.4 Å². The van der Waals surface area contributed by atoms with E-state index in [2.05, 4.69) is 15.6 Å². The Balaban J connectivity index is 2.74. The molecule has 0 unspecified atom stereocenters. The van der Waals surface area contributed by atoms with E-state index in [1.165, 1.54) is 6.92 Å². The molecule has 0 aliphatic heterocycles. The van der Waals surface area contributed by atoms with Gasteiger partial charge in [0.2, 0.25) is 5.91 Å². The zero-order valence-electron chi connectivity index (χ0n) is 7.47. The normalized spacial score (nSPS) is 9.38. The monoisotopic (exact) mass is 181 g/mol. The predicted molar refractivity (Wildman–Crippen MR) is 48.5 cm³/mol. The minimum Gasteiger partial charge on any atom is -0.355 e. The highest BCUT2D eigenvalue weighted by Gasteiger charge is 2.06. The predicted octanol–water partition coefficient (Wildman–Crippen LogP) is 0.333. The highest BCUT2D eigenvalue weighted by atomic mass is 16.2. The van der Waals surface area contributed by atoms with Crippen molar-refractivity contribution in [2.24, 2.45) is 0 Å². The highest BCUT2D eigenvalue weighted by molar-refractivity contribution is 5.95. The number of nitrogens with one attached hydrogen (secondary N) is 3. The van der Waals surface area contributed by atoms with Gasteiger partial charge in [0.05, 0.1) is 5.69 Å². The molecule has 0 saturated heterocycles. The first-order valence-electron chi connectivity index (χ1n) is 3.81. The van der Waals surface area contributed by atoms with Crippen LogP contribution >= 0.6 is 0 Å². The molecule has 0 spiro atoms. The Morgan fingerprint density at radius 1 is 1.46 bits per heavy atom. The fourth-order valence-electron chi connectivity index (χ4n) is 0.936. The number of H-pyrrole nitrogens is 1. The number of rotatable bonds is 2. The van der Waals surface area contributed by atoms with Crippen LogP contribution in [0.1, 0.15) is 17.4 Å². The van der Waals surface area contributed by atoms with E-state index in [-0.39, 0.29) is 11.8 Å². The Kier molecular flexibility index (Phi) is 2.69. The van der Waals surface area contributed by atoms with E-state index in [4.69, 9.17) is 0 Å². The van der Waals surface area contributed by atoms with Gasteiger partial charge in [-0.15, -0.1) is 0 Å². The third-order valence-corrected chi connectivity index (χ3v) is 1.48. The SMILES string of the molecule is CNC(=O)c1cc(NC(C)=O)c[nH]1. The molecule has 0 bridgehead atoms. The van der Waals surface area contributed by atoms with Gasteiger partial charge >= 0.3 is 0 Å². The molecule has 1 rings (SSSR count). The van der Waals surface area contributed by atoms with Gasteiger partial charge in [-0.25, -0.2) is 0 Å². The second-order valence-electron chi connectivity index (χ2n) is 2.56. The van der Waals surface area contributed by atoms with Crippen LogP contribution in [0.4, 0.5) is 5.69 Å². The van der Waals surface area contributed by atoms with Crippen LogP contribution in [-0.4, -0.2) is 23.8 Å². The molecule has 1 aromatic rings. The van der Waals surface area contributed by atoms with E-state index in [1.54, 1.807) is 19.3 Å². The maximum absolute atomic E-state index is 11.1. The molecule has 1 heterocycles. The maximum Gasteiger partial charge on any atom is 0.267 e. The lowest BCUT2D eigenvalue weighted by atomic mass is 10.4. The van der Waals surface area contributed by atoms with Crippen molar-refractivity contribution in [3.8, 4) is 0 Å². The second-order valence-corrected chi connectivity index (χ2v) is 2.56. The van der Waals surface area contributed by atoms with Gasteiger partial charge in [0, 0.05) is 20.2 Å². The zero-order chi connectivity index (χ0) is 9.84. The number of hydrogen-bond acceptors (Lipinski definition) is 2. The van der Waals surface area contributed by atoms with Crippen LogP contribution in [-0.2, 0) is 4.79 Å². The number of carbonyl (C=O) groups excluding carboxylic acids is 2. The van der Waals surface area contributed by atoms with E-state index < -0.39 is 0 Å². The lowest BCUT2D eigenvalue weighted by molar-refractivity contribution is -0.114. The lowest BCUT2D eigenvalue weighted by Crippen LogP contribution is -2.17. The van der Waals surface area contributed by atoms with Crippen LogP contribution in [0.15, 0.2) is 12.3 Å². The molecule has 5 heteroatoms. The summed E-state index contributed by atoms with van der Waals surface area (Å²) in [5.74, 6) is -0.376. The van der Waals surface area contributed by atoms with Crippen LogP contribution in [0.2, 0.25) is 0 Å². The number of hydrogen-bond donors (Lipinski definition) is 3. The number of carbonyl (C=O) groups is 2. The minimum atomic E-state index is -0.211. The number of aromatic amines is 1. The third-order valence-electron chi connectivity index (χ3n) is 1.48. The van der Waals surface area contributed by atoms with E-state index in [0.29, 0.717) is 11.4 Å². The second kappa shape index (κ2) is 3.75. The van der Waals surface area contributed by atoms with Gasteiger partial charge < -0.3 is 15.6 Å². The van der Waals surface area contributed by atoms with Gasteiger partial charge in [-0.1, -0.05) is 0 Å². The van der Waals surface area contributed by atoms with Crippen LogP contribution in [0.3, 0.4) is 0 Å². The molecule has 0 aromatic carbocycles. The summed E-state index contributed by atoms with van der Waals surface area (Å²) in [6, 6.07) is 1.57. The largest absolute Gasteiger partial charge is 0.355 e. The first-order valence-corrected chi connectivity index (χ1v) is 3.81. The summed E-state index contributed by atoms with van der Waals surface area (Å²) >= 11 is 0. The zero-order valence-corrected chi connectivity index (χ0v) is 7.47. The number of anilines is 1. The van der Waals surface area contributed by atoms with Gasteiger partial charge in [-0.05, 0) is 6.07 Å². The number of amides is 2.